The predicted molar refractivity (Wildman–Crippen MR) is 36.7 cm³/mol. The Morgan fingerprint density at radius 3 is 1.75 bits per heavy atom. The third kappa shape index (κ3) is 8.86. The largest absolute Gasteiger partial charge is 0.481 e. The zero-order valence-corrected chi connectivity index (χ0v) is 6.27. The van der Waals surface area contributed by atoms with Crippen molar-refractivity contribution in [1.82, 2.24) is 0 Å². The standard InChI is InChI=1S/C3H4O4.C3H6O2/c4-2(5)1-3(6)7;4-1-3-2-5-3/h1H2,(H,4,5)(H,6,7);3-4H,1-2H2. The Morgan fingerprint density at radius 1 is 1.33 bits per heavy atom. The molecule has 1 fully saturated rings. The van der Waals surface area contributed by atoms with Gasteiger partial charge in [-0.3, -0.25) is 9.59 Å². The zero-order chi connectivity index (χ0) is 9.56. The minimum atomic E-state index is -1.31. The maximum atomic E-state index is 9.43. The number of carboxylic acid groups (broad SMARTS) is 2. The number of carbonyl (C=O) groups is 2. The Labute approximate surface area is 68.4 Å². The van der Waals surface area contributed by atoms with Crippen LogP contribution in [0.3, 0.4) is 0 Å². The van der Waals surface area contributed by atoms with Crippen molar-refractivity contribution in [3.63, 3.8) is 0 Å². The van der Waals surface area contributed by atoms with E-state index in [-0.39, 0.29) is 12.7 Å². The van der Waals surface area contributed by atoms with E-state index >= 15 is 0 Å². The van der Waals surface area contributed by atoms with Gasteiger partial charge in [-0.15, -0.1) is 0 Å². The SMILES string of the molecule is O=C(O)CC(=O)O.OCC1CO1. The minimum Gasteiger partial charge on any atom is -0.481 e. The minimum absolute atomic E-state index is 0.190. The molecule has 1 aliphatic heterocycles. The van der Waals surface area contributed by atoms with Crippen molar-refractivity contribution < 1.29 is 29.6 Å². The zero-order valence-electron chi connectivity index (χ0n) is 6.27. The maximum absolute atomic E-state index is 9.43. The quantitative estimate of drug-likeness (QED) is 0.375. The van der Waals surface area contributed by atoms with Gasteiger partial charge in [-0.2, -0.15) is 0 Å². The fourth-order valence-electron chi connectivity index (χ4n) is 0.303. The van der Waals surface area contributed by atoms with Gasteiger partial charge in [0.1, 0.15) is 12.5 Å². The van der Waals surface area contributed by atoms with Crippen molar-refractivity contribution in [3.05, 3.63) is 0 Å². The summed E-state index contributed by atoms with van der Waals surface area (Å²) in [6.07, 6.45) is -0.616. The van der Waals surface area contributed by atoms with Crippen LogP contribution in [0.2, 0.25) is 0 Å². The summed E-state index contributed by atoms with van der Waals surface area (Å²) in [5.74, 6) is -2.62. The summed E-state index contributed by atoms with van der Waals surface area (Å²) in [6.45, 7) is 0.955. The molecule has 0 aromatic heterocycles. The third-order valence-corrected chi connectivity index (χ3v) is 0.908. The predicted octanol–water partition coefficient (Wildman–Crippen LogP) is -1.08. The molecule has 3 N–H and O–H groups in total. The van der Waals surface area contributed by atoms with Crippen molar-refractivity contribution in [2.45, 2.75) is 12.5 Å². The summed E-state index contributed by atoms with van der Waals surface area (Å²) in [5, 5.41) is 23.5. The molecule has 0 aromatic rings. The molecule has 6 heteroatoms. The van der Waals surface area contributed by atoms with E-state index in [4.69, 9.17) is 15.3 Å². The van der Waals surface area contributed by atoms with Gasteiger partial charge in [-0.25, -0.2) is 0 Å². The molecule has 0 bridgehead atoms. The molecule has 1 atom stereocenters. The number of ether oxygens (including phenoxy) is 1. The molecule has 0 amide bonds. The second-order valence-electron chi connectivity index (χ2n) is 2.10. The van der Waals surface area contributed by atoms with Gasteiger partial charge >= 0.3 is 11.9 Å². The van der Waals surface area contributed by atoms with Crippen molar-refractivity contribution >= 4 is 11.9 Å². The van der Waals surface area contributed by atoms with Crippen LogP contribution in [0, 0.1) is 0 Å². The van der Waals surface area contributed by atoms with Crippen LogP contribution in [0.5, 0.6) is 0 Å². The van der Waals surface area contributed by atoms with Crippen LogP contribution in [0.4, 0.5) is 0 Å². The van der Waals surface area contributed by atoms with Crippen molar-refractivity contribution in [1.29, 1.82) is 0 Å². The fourth-order valence-corrected chi connectivity index (χ4v) is 0.303. The fraction of sp³-hybridized carbons (Fsp3) is 0.667. The van der Waals surface area contributed by atoms with Crippen LogP contribution in [0.15, 0.2) is 0 Å². The van der Waals surface area contributed by atoms with E-state index in [0.29, 0.717) is 0 Å². The van der Waals surface area contributed by atoms with Crippen molar-refractivity contribution in [3.8, 4) is 0 Å². The third-order valence-electron chi connectivity index (χ3n) is 0.908. The monoisotopic (exact) mass is 178 g/mol. The van der Waals surface area contributed by atoms with Gasteiger partial charge in [0.05, 0.1) is 13.2 Å². The highest BCUT2D eigenvalue weighted by Crippen LogP contribution is 2.04. The average molecular weight is 178 g/mol. The van der Waals surface area contributed by atoms with E-state index in [9.17, 15) is 9.59 Å². The molecule has 1 rings (SSSR count). The first-order valence-corrected chi connectivity index (χ1v) is 3.22. The van der Waals surface area contributed by atoms with Crippen LogP contribution in [-0.2, 0) is 14.3 Å². The van der Waals surface area contributed by atoms with Gasteiger partial charge in [0.2, 0.25) is 0 Å². The lowest BCUT2D eigenvalue weighted by Gasteiger charge is -1.80. The van der Waals surface area contributed by atoms with E-state index < -0.39 is 18.4 Å². The van der Waals surface area contributed by atoms with Crippen molar-refractivity contribution in [2.75, 3.05) is 13.2 Å². The summed E-state index contributed by atoms with van der Waals surface area (Å²) >= 11 is 0. The normalized spacial score (nSPS) is 18.9. The molecule has 0 aromatic carbocycles. The lowest BCUT2D eigenvalue weighted by molar-refractivity contribution is -0.147. The Bertz CT molecular complexity index is 149. The Kier molecular flexibility index (Phi) is 4.98. The van der Waals surface area contributed by atoms with Gasteiger partial charge in [0.15, 0.2) is 0 Å². The molecule has 0 radical (unpaired) electrons. The van der Waals surface area contributed by atoms with Gasteiger partial charge in [0.25, 0.3) is 0 Å². The molecule has 1 unspecified atom stereocenters. The summed E-state index contributed by atoms with van der Waals surface area (Å²) in [4.78, 5) is 18.9. The van der Waals surface area contributed by atoms with E-state index in [1.54, 1.807) is 0 Å². The highest BCUT2D eigenvalue weighted by Gasteiger charge is 2.19. The summed E-state index contributed by atoms with van der Waals surface area (Å²) in [7, 11) is 0. The van der Waals surface area contributed by atoms with Crippen molar-refractivity contribution in [2.24, 2.45) is 0 Å². The van der Waals surface area contributed by atoms with Gasteiger partial charge in [0, 0.05) is 0 Å². The average Bonchev–Trinajstić information content (AvgIpc) is 2.66. The number of aliphatic hydroxyl groups is 1. The molecule has 1 aliphatic rings. The Morgan fingerprint density at radius 2 is 1.75 bits per heavy atom. The van der Waals surface area contributed by atoms with Crippen LogP contribution in [0.1, 0.15) is 6.42 Å². The molecule has 12 heavy (non-hydrogen) atoms. The van der Waals surface area contributed by atoms with E-state index in [1.165, 1.54) is 0 Å². The summed E-state index contributed by atoms with van der Waals surface area (Å²) in [6, 6.07) is 0. The number of hydrogen-bond donors (Lipinski definition) is 3. The number of carboxylic acids is 2. The summed E-state index contributed by atoms with van der Waals surface area (Å²) < 4.78 is 4.61. The van der Waals surface area contributed by atoms with Crippen LogP contribution in [-0.4, -0.2) is 46.6 Å². The lowest BCUT2D eigenvalue weighted by atomic mass is 10.5. The first-order valence-electron chi connectivity index (χ1n) is 3.22. The van der Waals surface area contributed by atoms with Gasteiger partial charge < -0.3 is 20.1 Å². The topological polar surface area (TPSA) is 107 Å². The smallest absolute Gasteiger partial charge is 0.314 e. The van der Waals surface area contributed by atoms with Crippen LogP contribution < -0.4 is 0 Å². The first kappa shape index (κ1) is 10.9. The maximum Gasteiger partial charge on any atom is 0.314 e. The van der Waals surface area contributed by atoms with Gasteiger partial charge in [-0.05, 0) is 0 Å². The number of aliphatic hydroxyl groups excluding tert-OH is 1. The number of hydrogen-bond acceptors (Lipinski definition) is 4. The second kappa shape index (κ2) is 5.50. The molecule has 1 heterocycles. The van der Waals surface area contributed by atoms with E-state index in [1.807, 2.05) is 0 Å². The molecular weight excluding hydrogens is 168 g/mol. The van der Waals surface area contributed by atoms with Crippen LogP contribution >= 0.6 is 0 Å². The highest BCUT2D eigenvalue weighted by atomic mass is 16.6. The lowest BCUT2D eigenvalue weighted by Crippen LogP contribution is -2.03. The molecular formula is C6H10O6. The molecule has 1 saturated heterocycles. The van der Waals surface area contributed by atoms with Crippen LogP contribution in [0.25, 0.3) is 0 Å². The molecule has 0 spiro atoms. The molecule has 0 aliphatic carbocycles. The summed E-state index contributed by atoms with van der Waals surface area (Å²) in [5.41, 5.74) is 0. The molecule has 6 nitrogen and oxygen atoms in total. The number of epoxide rings is 1. The van der Waals surface area contributed by atoms with Gasteiger partial charge in [-0.1, -0.05) is 0 Å². The Hall–Kier alpha value is -1.14. The first-order chi connectivity index (χ1) is 5.56. The van der Waals surface area contributed by atoms with E-state index in [2.05, 4.69) is 4.74 Å². The number of aliphatic carboxylic acids is 2. The molecule has 70 valence electrons. The highest BCUT2D eigenvalue weighted by molar-refractivity contribution is 5.88. The second-order valence-corrected chi connectivity index (χ2v) is 2.10. The molecule has 0 saturated carbocycles. The van der Waals surface area contributed by atoms with E-state index in [0.717, 1.165) is 6.61 Å². The number of rotatable bonds is 3. The Balaban J connectivity index is 0.000000211.